The molecule has 8 nitrogen and oxygen atoms in total. The SMILES string of the molecule is Cn1ncc2cc([C@H]3CC[C@@H](OC[C@@H]4CN(c5ccccn5)CC[C@@H]4NS(C)(=O)=O)CC3)ccc21. The Bertz CT molecular complexity index is 1240. The maximum atomic E-state index is 12.0. The molecular weight excluding hydrogens is 462 g/mol. The number of aryl methyl sites for hydroxylation is 1. The summed E-state index contributed by atoms with van der Waals surface area (Å²) in [7, 11) is -1.31. The lowest BCUT2D eigenvalue weighted by molar-refractivity contribution is -0.00213. The van der Waals surface area contributed by atoms with Gasteiger partial charge in [-0.05, 0) is 67.9 Å². The number of rotatable bonds is 7. The second-order valence-corrected chi connectivity index (χ2v) is 11.9. The summed E-state index contributed by atoms with van der Waals surface area (Å²) in [4.78, 5) is 6.72. The highest BCUT2D eigenvalue weighted by molar-refractivity contribution is 7.88. The smallest absolute Gasteiger partial charge is 0.208 e. The molecule has 0 amide bonds. The van der Waals surface area contributed by atoms with Crippen LogP contribution >= 0.6 is 0 Å². The topological polar surface area (TPSA) is 89.3 Å². The molecule has 2 aromatic heterocycles. The summed E-state index contributed by atoms with van der Waals surface area (Å²) in [5.74, 6) is 1.56. The second kappa shape index (κ2) is 10.2. The molecule has 0 radical (unpaired) electrons. The number of piperidine rings is 1. The summed E-state index contributed by atoms with van der Waals surface area (Å²) in [5, 5.41) is 5.56. The van der Waals surface area contributed by atoms with Crippen LogP contribution in [0, 0.1) is 5.92 Å². The van der Waals surface area contributed by atoms with Crippen molar-refractivity contribution in [2.24, 2.45) is 13.0 Å². The number of nitrogens with zero attached hydrogens (tertiary/aromatic N) is 4. The van der Waals surface area contributed by atoms with Crippen LogP contribution in [-0.2, 0) is 21.8 Å². The van der Waals surface area contributed by atoms with Crippen molar-refractivity contribution >= 4 is 26.7 Å². The predicted octanol–water partition coefficient (Wildman–Crippen LogP) is 3.46. The van der Waals surface area contributed by atoms with Gasteiger partial charge in [0.1, 0.15) is 5.82 Å². The second-order valence-electron chi connectivity index (χ2n) is 10.1. The standard InChI is InChI=1S/C26H35N5O3S/c1-30-25-11-8-20(15-21(25)16-28-30)19-6-9-23(10-7-19)34-18-22-17-31(26-5-3-4-13-27-26)14-12-24(22)29-35(2,32)33/h3-5,8,11,13,15-16,19,22-24,29H,6-7,9-10,12,14,17-18H2,1-2H3/t19-,22-,23+,24-/m0/s1. The van der Waals surface area contributed by atoms with Crippen molar-refractivity contribution in [2.45, 2.75) is 50.2 Å². The van der Waals surface area contributed by atoms with Gasteiger partial charge < -0.3 is 9.64 Å². The molecule has 1 aliphatic carbocycles. The van der Waals surface area contributed by atoms with E-state index in [1.54, 1.807) is 6.20 Å². The van der Waals surface area contributed by atoms with Crippen LogP contribution in [0.1, 0.15) is 43.6 Å². The maximum absolute atomic E-state index is 12.0. The molecule has 1 N–H and O–H groups in total. The van der Waals surface area contributed by atoms with Crippen molar-refractivity contribution in [1.29, 1.82) is 0 Å². The minimum atomic E-state index is -3.28. The first-order valence-electron chi connectivity index (χ1n) is 12.5. The number of ether oxygens (including phenoxy) is 1. The van der Waals surface area contributed by atoms with Crippen molar-refractivity contribution < 1.29 is 13.2 Å². The molecule has 0 bridgehead atoms. The van der Waals surface area contributed by atoms with E-state index in [9.17, 15) is 8.42 Å². The minimum absolute atomic E-state index is 0.0752. The van der Waals surface area contributed by atoms with Crippen LogP contribution in [0.15, 0.2) is 48.8 Å². The van der Waals surface area contributed by atoms with Crippen molar-refractivity contribution in [3.8, 4) is 0 Å². The Morgan fingerprint density at radius 1 is 1.11 bits per heavy atom. The van der Waals surface area contributed by atoms with Gasteiger partial charge in [-0.2, -0.15) is 5.10 Å². The predicted molar refractivity (Wildman–Crippen MR) is 138 cm³/mol. The van der Waals surface area contributed by atoms with Gasteiger partial charge in [-0.25, -0.2) is 18.1 Å². The highest BCUT2D eigenvalue weighted by Crippen LogP contribution is 2.35. The normalized spacial score (nSPS) is 25.7. The number of sulfonamides is 1. The zero-order chi connectivity index (χ0) is 24.4. The van der Waals surface area contributed by atoms with E-state index < -0.39 is 10.0 Å². The maximum Gasteiger partial charge on any atom is 0.208 e. The van der Waals surface area contributed by atoms with E-state index in [-0.39, 0.29) is 18.1 Å². The molecule has 2 fully saturated rings. The van der Waals surface area contributed by atoms with Crippen molar-refractivity contribution in [2.75, 3.05) is 30.9 Å². The number of benzene rings is 1. The molecule has 1 saturated heterocycles. The van der Waals surface area contributed by atoms with E-state index in [0.717, 1.165) is 56.5 Å². The number of nitrogens with one attached hydrogen (secondary N) is 1. The first-order valence-corrected chi connectivity index (χ1v) is 14.4. The van der Waals surface area contributed by atoms with Crippen LogP contribution in [0.25, 0.3) is 10.9 Å². The number of hydrogen-bond donors (Lipinski definition) is 1. The number of pyridine rings is 1. The Morgan fingerprint density at radius 3 is 2.69 bits per heavy atom. The van der Waals surface area contributed by atoms with E-state index in [1.807, 2.05) is 36.1 Å². The van der Waals surface area contributed by atoms with E-state index >= 15 is 0 Å². The molecule has 35 heavy (non-hydrogen) atoms. The van der Waals surface area contributed by atoms with Crippen LogP contribution < -0.4 is 9.62 Å². The largest absolute Gasteiger partial charge is 0.378 e. The first-order chi connectivity index (χ1) is 16.9. The molecule has 2 atom stereocenters. The van der Waals surface area contributed by atoms with E-state index in [0.29, 0.717) is 12.5 Å². The van der Waals surface area contributed by atoms with E-state index in [2.05, 4.69) is 37.9 Å². The summed E-state index contributed by atoms with van der Waals surface area (Å²) < 4.78 is 35.1. The molecule has 3 aromatic rings. The summed E-state index contributed by atoms with van der Waals surface area (Å²) in [6.45, 7) is 2.05. The summed E-state index contributed by atoms with van der Waals surface area (Å²) in [5.41, 5.74) is 2.55. The lowest BCUT2D eigenvalue weighted by Gasteiger charge is -2.40. The van der Waals surface area contributed by atoms with Crippen LogP contribution in [0.4, 0.5) is 5.82 Å². The summed E-state index contributed by atoms with van der Waals surface area (Å²) >= 11 is 0. The van der Waals surface area contributed by atoms with Gasteiger partial charge in [0.2, 0.25) is 10.0 Å². The van der Waals surface area contributed by atoms with Gasteiger partial charge in [-0.1, -0.05) is 12.1 Å². The molecule has 188 valence electrons. The van der Waals surface area contributed by atoms with Crippen LogP contribution in [0.3, 0.4) is 0 Å². The first kappa shape index (κ1) is 24.2. The van der Waals surface area contributed by atoms with Crippen molar-refractivity contribution in [3.05, 3.63) is 54.4 Å². The van der Waals surface area contributed by atoms with Gasteiger partial charge in [0.15, 0.2) is 0 Å². The lowest BCUT2D eigenvalue weighted by atomic mass is 9.82. The molecule has 1 saturated carbocycles. The number of hydrogen-bond acceptors (Lipinski definition) is 6. The molecule has 5 rings (SSSR count). The van der Waals surface area contributed by atoms with Crippen molar-refractivity contribution in [1.82, 2.24) is 19.5 Å². The Morgan fingerprint density at radius 2 is 1.94 bits per heavy atom. The number of aromatic nitrogens is 3. The zero-order valence-corrected chi connectivity index (χ0v) is 21.3. The van der Waals surface area contributed by atoms with Gasteiger partial charge in [-0.3, -0.25) is 4.68 Å². The lowest BCUT2D eigenvalue weighted by Crippen LogP contribution is -2.52. The Kier molecular flexibility index (Phi) is 7.09. The highest BCUT2D eigenvalue weighted by Gasteiger charge is 2.33. The number of fused-ring (bicyclic) bond motifs is 1. The van der Waals surface area contributed by atoms with Crippen molar-refractivity contribution in [3.63, 3.8) is 0 Å². The molecule has 0 spiro atoms. The fourth-order valence-electron chi connectivity index (χ4n) is 5.64. The quantitative estimate of drug-likeness (QED) is 0.538. The Hall–Kier alpha value is -2.49. The molecule has 9 heteroatoms. The van der Waals surface area contributed by atoms with Crippen LogP contribution in [0.2, 0.25) is 0 Å². The molecule has 1 aliphatic heterocycles. The Balaban J connectivity index is 1.18. The van der Waals surface area contributed by atoms with Gasteiger partial charge in [0.25, 0.3) is 0 Å². The molecule has 3 heterocycles. The van der Waals surface area contributed by atoms with E-state index in [4.69, 9.17) is 4.74 Å². The zero-order valence-electron chi connectivity index (χ0n) is 20.5. The third kappa shape index (κ3) is 5.85. The van der Waals surface area contributed by atoms with Gasteiger partial charge in [0.05, 0.1) is 30.7 Å². The van der Waals surface area contributed by atoms with E-state index in [1.165, 1.54) is 17.2 Å². The number of anilines is 1. The fraction of sp³-hybridized carbons (Fsp3) is 0.538. The van der Waals surface area contributed by atoms with Gasteiger partial charge in [0, 0.05) is 43.7 Å². The van der Waals surface area contributed by atoms with Crippen LogP contribution in [0.5, 0.6) is 0 Å². The third-order valence-electron chi connectivity index (χ3n) is 7.53. The van der Waals surface area contributed by atoms with Gasteiger partial charge in [-0.15, -0.1) is 0 Å². The summed E-state index contributed by atoms with van der Waals surface area (Å²) in [6.07, 6.45) is 10.2. The van der Waals surface area contributed by atoms with Gasteiger partial charge >= 0.3 is 0 Å². The van der Waals surface area contributed by atoms with Crippen LogP contribution in [-0.4, -0.2) is 61.3 Å². The minimum Gasteiger partial charge on any atom is -0.378 e. The average Bonchev–Trinajstić information content (AvgIpc) is 3.23. The molecule has 0 unspecified atom stereocenters. The Labute approximate surface area is 207 Å². The monoisotopic (exact) mass is 497 g/mol. The molecule has 1 aromatic carbocycles. The molecular formula is C26H35N5O3S. The molecule has 2 aliphatic rings. The average molecular weight is 498 g/mol. The third-order valence-corrected chi connectivity index (χ3v) is 8.27. The summed E-state index contributed by atoms with van der Waals surface area (Å²) in [6, 6.07) is 12.5. The highest BCUT2D eigenvalue weighted by atomic mass is 32.2. The fourth-order valence-corrected chi connectivity index (χ4v) is 6.50.